The monoisotopic (exact) mass is 395 g/mol. The second-order valence-corrected chi connectivity index (χ2v) is 6.77. The lowest BCUT2D eigenvalue weighted by Crippen LogP contribution is -2.33. The molecule has 0 spiro atoms. The summed E-state index contributed by atoms with van der Waals surface area (Å²) < 4.78 is 7.01. The van der Waals surface area contributed by atoms with E-state index in [4.69, 9.17) is 10.5 Å². The molecule has 9 heteroatoms. The number of anilines is 1. The summed E-state index contributed by atoms with van der Waals surface area (Å²) in [5, 5.41) is 29.6. The van der Waals surface area contributed by atoms with Gasteiger partial charge in [-0.3, -0.25) is 4.57 Å². The number of fused-ring (bicyclic) bond motifs is 1. The smallest absolute Gasteiger partial charge is 0.208 e. The summed E-state index contributed by atoms with van der Waals surface area (Å²) in [4.78, 5) is 12.8. The quantitative estimate of drug-likeness (QED) is 0.453. The molecule has 0 saturated carbocycles. The van der Waals surface area contributed by atoms with Crippen molar-refractivity contribution >= 4 is 17.0 Å². The molecule has 0 amide bonds. The molecule has 0 radical (unpaired) electrons. The van der Waals surface area contributed by atoms with Crippen LogP contribution < -0.4 is 5.73 Å². The molecule has 4 rings (SSSR count). The molecule has 0 unspecified atom stereocenters. The minimum Gasteiger partial charge on any atom is -0.394 e. The Hall–Kier alpha value is -3.03. The van der Waals surface area contributed by atoms with Gasteiger partial charge in [0.15, 0.2) is 17.7 Å². The van der Waals surface area contributed by atoms with Crippen LogP contribution in [-0.2, 0) is 11.2 Å². The fraction of sp³-hybridized carbons (Fsp3) is 0.350. The molecule has 4 atom stereocenters. The van der Waals surface area contributed by atoms with Crippen LogP contribution in [0.2, 0.25) is 0 Å². The number of nitrogen functional groups attached to an aromatic ring is 1. The molecule has 1 aromatic carbocycles. The molecule has 1 fully saturated rings. The van der Waals surface area contributed by atoms with Gasteiger partial charge in [0.05, 0.1) is 12.9 Å². The van der Waals surface area contributed by atoms with Crippen molar-refractivity contribution < 1.29 is 20.1 Å². The Balaban J connectivity index is 1.58. The van der Waals surface area contributed by atoms with E-state index in [9.17, 15) is 15.3 Å². The van der Waals surface area contributed by atoms with Crippen molar-refractivity contribution in [2.24, 2.45) is 0 Å². The number of aliphatic hydroxyl groups is 3. The van der Waals surface area contributed by atoms with Crippen LogP contribution in [-0.4, -0.2) is 59.8 Å². The number of benzene rings is 1. The number of nitrogens with two attached hydrogens (primary N) is 1. The van der Waals surface area contributed by atoms with Crippen LogP contribution in [0.1, 0.15) is 24.0 Å². The van der Waals surface area contributed by atoms with Crippen molar-refractivity contribution in [1.82, 2.24) is 19.5 Å². The van der Waals surface area contributed by atoms with Crippen molar-refractivity contribution in [2.45, 2.75) is 37.4 Å². The van der Waals surface area contributed by atoms with Crippen LogP contribution in [0.5, 0.6) is 0 Å². The van der Waals surface area contributed by atoms with Crippen LogP contribution in [0.15, 0.2) is 36.7 Å². The normalized spacial score (nSPS) is 23.8. The van der Waals surface area contributed by atoms with Crippen molar-refractivity contribution in [3.8, 4) is 11.8 Å². The van der Waals surface area contributed by atoms with Crippen molar-refractivity contribution in [1.29, 1.82) is 0 Å². The average molecular weight is 395 g/mol. The molecule has 150 valence electrons. The molecule has 5 N–H and O–H groups in total. The first-order valence-corrected chi connectivity index (χ1v) is 9.23. The highest BCUT2D eigenvalue weighted by Gasteiger charge is 2.44. The summed E-state index contributed by atoms with van der Waals surface area (Å²) in [6, 6.07) is 10.0. The standard InChI is InChI=1S/C20H21N5O4/c21-18-15-19(25(11-22-15)20-17(28)16(27)13(10-26)29-20)24-14(23-18)9-5-4-8-12-6-2-1-3-7-12/h1-3,6-7,11,13,16-17,20,26-28H,4,8,10H2,(H2,21,23,24)/t13-,16-,17-,20-/m1/s1. The summed E-state index contributed by atoms with van der Waals surface area (Å²) in [6.07, 6.45) is -1.47. The highest BCUT2D eigenvalue weighted by atomic mass is 16.6. The third-order valence-corrected chi connectivity index (χ3v) is 4.82. The van der Waals surface area contributed by atoms with E-state index in [0.717, 1.165) is 6.42 Å². The molecule has 0 bridgehead atoms. The number of ether oxygens (including phenoxy) is 1. The van der Waals surface area contributed by atoms with Gasteiger partial charge in [-0.15, -0.1) is 0 Å². The molecule has 3 aromatic rings. The summed E-state index contributed by atoms with van der Waals surface area (Å²) in [5.41, 5.74) is 7.86. The molecule has 1 aliphatic heterocycles. The minimum absolute atomic E-state index is 0.160. The largest absolute Gasteiger partial charge is 0.394 e. The Morgan fingerprint density at radius 3 is 2.66 bits per heavy atom. The molecular weight excluding hydrogens is 374 g/mol. The van der Waals surface area contributed by atoms with E-state index in [0.29, 0.717) is 17.6 Å². The zero-order chi connectivity index (χ0) is 20.4. The third-order valence-electron chi connectivity index (χ3n) is 4.82. The lowest BCUT2D eigenvalue weighted by atomic mass is 10.1. The highest BCUT2D eigenvalue weighted by molar-refractivity contribution is 5.82. The summed E-state index contributed by atoms with van der Waals surface area (Å²) in [7, 11) is 0. The van der Waals surface area contributed by atoms with Crippen LogP contribution in [0.4, 0.5) is 5.82 Å². The van der Waals surface area contributed by atoms with E-state index < -0.39 is 31.1 Å². The molecule has 1 aliphatic rings. The Kier molecular flexibility index (Phi) is 5.42. The fourth-order valence-electron chi connectivity index (χ4n) is 3.28. The van der Waals surface area contributed by atoms with Gasteiger partial charge in [-0.25, -0.2) is 15.0 Å². The van der Waals surface area contributed by atoms with Crippen LogP contribution in [0, 0.1) is 11.8 Å². The van der Waals surface area contributed by atoms with Gasteiger partial charge in [-0.05, 0) is 17.9 Å². The molecule has 3 heterocycles. The average Bonchev–Trinajstić information content (AvgIpc) is 3.28. The zero-order valence-corrected chi connectivity index (χ0v) is 15.5. The van der Waals surface area contributed by atoms with Crippen molar-refractivity contribution in [2.75, 3.05) is 12.3 Å². The van der Waals surface area contributed by atoms with E-state index in [1.54, 1.807) is 0 Å². The maximum Gasteiger partial charge on any atom is 0.208 e. The third kappa shape index (κ3) is 3.79. The first-order valence-electron chi connectivity index (χ1n) is 9.23. The lowest BCUT2D eigenvalue weighted by molar-refractivity contribution is -0.0511. The van der Waals surface area contributed by atoms with Crippen LogP contribution in [0.3, 0.4) is 0 Å². The molecule has 2 aromatic heterocycles. The number of aliphatic hydroxyl groups excluding tert-OH is 3. The van der Waals surface area contributed by atoms with Gasteiger partial charge in [-0.2, -0.15) is 0 Å². The van der Waals surface area contributed by atoms with Crippen molar-refractivity contribution in [3.05, 3.63) is 48.0 Å². The van der Waals surface area contributed by atoms with Crippen molar-refractivity contribution in [3.63, 3.8) is 0 Å². The second kappa shape index (κ2) is 8.14. The van der Waals surface area contributed by atoms with Crippen LogP contribution in [0.25, 0.3) is 11.2 Å². The molecule has 1 saturated heterocycles. The van der Waals surface area contributed by atoms with E-state index in [-0.39, 0.29) is 11.6 Å². The maximum atomic E-state index is 10.3. The van der Waals surface area contributed by atoms with Gasteiger partial charge in [0.25, 0.3) is 0 Å². The number of nitrogens with zero attached hydrogens (tertiary/aromatic N) is 4. The lowest BCUT2D eigenvalue weighted by Gasteiger charge is -2.16. The topological polar surface area (TPSA) is 140 Å². The number of aryl methyl sites for hydroxylation is 1. The number of hydrogen-bond acceptors (Lipinski definition) is 8. The van der Waals surface area contributed by atoms with Gasteiger partial charge in [-0.1, -0.05) is 36.3 Å². The van der Waals surface area contributed by atoms with E-state index in [1.165, 1.54) is 16.5 Å². The maximum absolute atomic E-state index is 10.3. The summed E-state index contributed by atoms with van der Waals surface area (Å²) in [6.45, 7) is -0.420. The number of rotatable bonds is 4. The summed E-state index contributed by atoms with van der Waals surface area (Å²) >= 11 is 0. The van der Waals surface area contributed by atoms with E-state index >= 15 is 0 Å². The zero-order valence-electron chi connectivity index (χ0n) is 15.5. The van der Waals surface area contributed by atoms with Gasteiger partial charge in [0.1, 0.15) is 23.8 Å². The second-order valence-electron chi connectivity index (χ2n) is 6.77. The SMILES string of the molecule is Nc1nc(C#CCCc2ccccc2)nc2c1ncn2[C@@H]1O[C@H](CO)[C@@H](O)[C@H]1O. The van der Waals surface area contributed by atoms with Crippen LogP contribution >= 0.6 is 0 Å². The molecule has 29 heavy (non-hydrogen) atoms. The van der Waals surface area contributed by atoms with Gasteiger partial charge in [0, 0.05) is 6.42 Å². The Labute approximate surface area is 166 Å². The number of aromatic nitrogens is 4. The van der Waals surface area contributed by atoms with Gasteiger partial charge in [0.2, 0.25) is 5.82 Å². The Morgan fingerprint density at radius 1 is 1.14 bits per heavy atom. The predicted octanol–water partition coefficient (Wildman–Crippen LogP) is 0.00430. The number of imidazole rings is 1. The molecular formula is C20H21N5O4. The summed E-state index contributed by atoms with van der Waals surface area (Å²) in [5.74, 6) is 6.34. The first kappa shape index (κ1) is 19.3. The van der Waals surface area contributed by atoms with E-state index in [1.807, 2.05) is 30.3 Å². The fourth-order valence-corrected chi connectivity index (χ4v) is 3.28. The van der Waals surface area contributed by atoms with Gasteiger partial charge < -0.3 is 25.8 Å². The molecule has 9 nitrogen and oxygen atoms in total. The molecule has 0 aliphatic carbocycles. The highest BCUT2D eigenvalue weighted by Crippen LogP contribution is 2.31. The van der Waals surface area contributed by atoms with E-state index in [2.05, 4.69) is 26.8 Å². The predicted molar refractivity (Wildman–Crippen MR) is 104 cm³/mol. The minimum atomic E-state index is -1.25. The Morgan fingerprint density at radius 2 is 1.93 bits per heavy atom. The number of hydrogen-bond donors (Lipinski definition) is 4. The Bertz CT molecular complexity index is 1060. The first-order chi connectivity index (χ1) is 14.1. The van der Waals surface area contributed by atoms with Gasteiger partial charge >= 0.3 is 0 Å².